The fourth-order valence-electron chi connectivity index (χ4n) is 4.94. The normalized spacial score (nSPS) is 17.3. The lowest BCUT2D eigenvalue weighted by atomic mass is 9.72. The van der Waals surface area contributed by atoms with Crippen LogP contribution in [0.15, 0.2) is 54.6 Å². The average molecular weight is 439 g/mol. The third-order valence-corrected chi connectivity index (χ3v) is 6.23. The van der Waals surface area contributed by atoms with Crippen molar-refractivity contribution in [1.82, 2.24) is 9.80 Å². The Hall–Kier alpha value is -1.88. The first-order chi connectivity index (χ1) is 15.1. The lowest BCUT2D eigenvalue weighted by Gasteiger charge is -2.35. The maximum absolute atomic E-state index is 10.5. The van der Waals surface area contributed by atoms with E-state index in [-0.39, 0.29) is 10.8 Å². The molecule has 1 saturated heterocycles. The van der Waals surface area contributed by atoms with Crippen molar-refractivity contribution in [1.29, 1.82) is 0 Å². The summed E-state index contributed by atoms with van der Waals surface area (Å²) in [7, 11) is 0. The summed E-state index contributed by atoms with van der Waals surface area (Å²) < 4.78 is 5.89. The van der Waals surface area contributed by atoms with Crippen molar-refractivity contribution in [2.45, 2.75) is 59.1 Å². The first-order valence-electron chi connectivity index (χ1n) is 12.0. The topological polar surface area (TPSA) is 35.9 Å². The second-order valence-electron chi connectivity index (χ2n) is 11.2. The molecular weight excluding hydrogens is 396 g/mol. The summed E-state index contributed by atoms with van der Waals surface area (Å²) in [5.41, 5.74) is 3.10. The molecule has 2 aromatic rings. The fourth-order valence-corrected chi connectivity index (χ4v) is 4.94. The molecule has 0 spiro atoms. The van der Waals surface area contributed by atoms with Gasteiger partial charge in [0.1, 0.15) is 18.5 Å². The zero-order valence-electron chi connectivity index (χ0n) is 20.7. The second-order valence-corrected chi connectivity index (χ2v) is 11.2. The van der Waals surface area contributed by atoms with E-state index in [1.807, 2.05) is 12.1 Å². The number of aliphatic hydroxyl groups is 1. The maximum Gasteiger partial charge on any atom is 0.119 e. The lowest BCUT2D eigenvalue weighted by Crippen LogP contribution is -2.48. The molecule has 0 unspecified atom stereocenters. The number of aliphatic hydroxyl groups excluding tert-OH is 1. The van der Waals surface area contributed by atoms with Gasteiger partial charge in [-0.15, -0.1) is 0 Å². The number of hydrogen-bond acceptors (Lipinski definition) is 4. The Balaban J connectivity index is 1.39. The van der Waals surface area contributed by atoms with E-state index in [2.05, 4.69) is 86.9 Å². The van der Waals surface area contributed by atoms with E-state index in [0.29, 0.717) is 13.2 Å². The molecular formula is C28H42N2O2. The van der Waals surface area contributed by atoms with Crippen LogP contribution in [0.25, 0.3) is 0 Å². The van der Waals surface area contributed by atoms with Crippen LogP contribution in [-0.2, 0) is 12.0 Å². The molecule has 4 nitrogen and oxygen atoms in total. The van der Waals surface area contributed by atoms with Crippen LogP contribution in [0.4, 0.5) is 0 Å². The summed E-state index contributed by atoms with van der Waals surface area (Å²) in [4.78, 5) is 4.82. The summed E-state index contributed by atoms with van der Waals surface area (Å²) in [5, 5.41) is 10.5. The maximum atomic E-state index is 10.5. The third kappa shape index (κ3) is 7.91. The lowest BCUT2D eigenvalue weighted by molar-refractivity contribution is 0.0446. The summed E-state index contributed by atoms with van der Waals surface area (Å²) >= 11 is 0. The van der Waals surface area contributed by atoms with Crippen molar-refractivity contribution < 1.29 is 9.84 Å². The van der Waals surface area contributed by atoms with Gasteiger partial charge in [0, 0.05) is 39.3 Å². The SMILES string of the molecule is CC(C)(C)CC(C)(C)c1ccc(OC[C@@H](O)CN2CCN(Cc3ccccc3)CC2)cc1. The Morgan fingerprint density at radius 2 is 1.44 bits per heavy atom. The van der Waals surface area contributed by atoms with E-state index in [1.165, 1.54) is 11.1 Å². The molecule has 176 valence electrons. The molecule has 32 heavy (non-hydrogen) atoms. The smallest absolute Gasteiger partial charge is 0.119 e. The molecule has 4 heteroatoms. The first-order valence-corrected chi connectivity index (χ1v) is 12.0. The Morgan fingerprint density at radius 1 is 0.844 bits per heavy atom. The number of benzene rings is 2. The molecule has 2 aromatic carbocycles. The first kappa shape index (κ1) is 24.8. The highest BCUT2D eigenvalue weighted by Gasteiger charge is 2.27. The van der Waals surface area contributed by atoms with Gasteiger partial charge in [0.2, 0.25) is 0 Å². The van der Waals surface area contributed by atoms with E-state index < -0.39 is 6.10 Å². The molecule has 3 rings (SSSR count). The van der Waals surface area contributed by atoms with Crippen molar-refractivity contribution in [3.63, 3.8) is 0 Å². The van der Waals surface area contributed by atoms with Gasteiger partial charge in [-0.05, 0) is 40.5 Å². The van der Waals surface area contributed by atoms with Crippen molar-refractivity contribution in [3.8, 4) is 5.75 Å². The Bertz CT molecular complexity index is 804. The van der Waals surface area contributed by atoms with Crippen molar-refractivity contribution in [2.24, 2.45) is 5.41 Å². The van der Waals surface area contributed by atoms with Crippen LogP contribution in [0.2, 0.25) is 0 Å². The molecule has 0 bridgehead atoms. The van der Waals surface area contributed by atoms with Gasteiger partial charge in [0.05, 0.1) is 0 Å². The molecule has 0 radical (unpaired) electrons. The van der Waals surface area contributed by atoms with Crippen LogP contribution in [-0.4, -0.2) is 60.3 Å². The number of piperazine rings is 1. The molecule has 0 aliphatic carbocycles. The van der Waals surface area contributed by atoms with E-state index in [4.69, 9.17) is 4.74 Å². The number of rotatable bonds is 9. The summed E-state index contributed by atoms with van der Waals surface area (Å²) in [6, 6.07) is 19.0. The van der Waals surface area contributed by atoms with Crippen molar-refractivity contribution in [3.05, 3.63) is 65.7 Å². The van der Waals surface area contributed by atoms with E-state index in [9.17, 15) is 5.11 Å². The summed E-state index contributed by atoms with van der Waals surface area (Å²) in [5.74, 6) is 0.826. The summed E-state index contributed by atoms with van der Waals surface area (Å²) in [6.07, 6.45) is 0.644. The quantitative estimate of drug-likeness (QED) is 0.600. The number of nitrogens with zero attached hydrogens (tertiary/aromatic N) is 2. The number of β-amino-alcohol motifs (C(OH)–C–C–N with tert-alkyl or cyclic N) is 1. The van der Waals surface area contributed by atoms with Gasteiger partial charge in [-0.2, -0.15) is 0 Å². The number of ether oxygens (including phenoxy) is 1. The van der Waals surface area contributed by atoms with Gasteiger partial charge >= 0.3 is 0 Å². The predicted octanol–water partition coefficient (Wildman–Crippen LogP) is 4.96. The van der Waals surface area contributed by atoms with Gasteiger partial charge in [-0.3, -0.25) is 9.80 Å². The molecule has 1 N–H and O–H groups in total. The molecule has 1 heterocycles. The Labute approximate surface area is 195 Å². The highest BCUT2D eigenvalue weighted by molar-refractivity contribution is 5.31. The Morgan fingerprint density at radius 3 is 2.03 bits per heavy atom. The Kier molecular flexibility index (Phi) is 8.37. The van der Waals surface area contributed by atoms with Gasteiger partial charge in [0.15, 0.2) is 0 Å². The molecule has 1 atom stereocenters. The van der Waals surface area contributed by atoms with E-state index >= 15 is 0 Å². The summed E-state index contributed by atoms with van der Waals surface area (Å²) in [6.45, 7) is 17.5. The zero-order chi connectivity index (χ0) is 23.2. The average Bonchev–Trinajstić information content (AvgIpc) is 2.73. The van der Waals surface area contributed by atoms with Crippen LogP contribution in [0.1, 0.15) is 52.2 Å². The minimum absolute atomic E-state index is 0.124. The van der Waals surface area contributed by atoms with Gasteiger partial charge < -0.3 is 9.84 Å². The highest BCUT2D eigenvalue weighted by atomic mass is 16.5. The van der Waals surface area contributed by atoms with Crippen LogP contribution in [0.3, 0.4) is 0 Å². The minimum atomic E-state index is -0.479. The monoisotopic (exact) mass is 438 g/mol. The van der Waals surface area contributed by atoms with Crippen LogP contribution in [0.5, 0.6) is 5.75 Å². The molecule has 0 amide bonds. The predicted molar refractivity (Wildman–Crippen MR) is 133 cm³/mol. The zero-order valence-corrected chi connectivity index (χ0v) is 20.7. The molecule has 1 fully saturated rings. The molecule has 0 aromatic heterocycles. The van der Waals surface area contributed by atoms with Crippen molar-refractivity contribution >= 4 is 0 Å². The van der Waals surface area contributed by atoms with Crippen LogP contribution < -0.4 is 4.74 Å². The van der Waals surface area contributed by atoms with Gasteiger partial charge in [-0.25, -0.2) is 0 Å². The van der Waals surface area contributed by atoms with Crippen molar-refractivity contribution in [2.75, 3.05) is 39.3 Å². The standard InChI is InChI=1S/C28H42N2O2/c1-27(2,3)22-28(4,5)24-11-13-26(14-12-24)32-21-25(31)20-30-17-15-29(16-18-30)19-23-9-7-6-8-10-23/h6-14,25,31H,15-22H2,1-5H3/t25-/m0/s1. The molecule has 1 aliphatic heterocycles. The largest absolute Gasteiger partial charge is 0.491 e. The minimum Gasteiger partial charge on any atom is -0.491 e. The van der Waals surface area contributed by atoms with Crippen LogP contribution >= 0.6 is 0 Å². The molecule has 0 saturated carbocycles. The highest BCUT2D eigenvalue weighted by Crippen LogP contribution is 2.36. The van der Waals surface area contributed by atoms with Crippen LogP contribution in [0, 0.1) is 5.41 Å². The van der Waals surface area contributed by atoms with Gasteiger partial charge in [-0.1, -0.05) is 77.1 Å². The van der Waals surface area contributed by atoms with E-state index in [1.54, 1.807) is 0 Å². The van der Waals surface area contributed by atoms with Gasteiger partial charge in [0.25, 0.3) is 0 Å². The molecule has 1 aliphatic rings. The third-order valence-electron chi connectivity index (χ3n) is 6.23. The number of hydrogen-bond donors (Lipinski definition) is 1. The second kappa shape index (κ2) is 10.8. The van der Waals surface area contributed by atoms with E-state index in [0.717, 1.165) is 44.9 Å². The fraction of sp³-hybridized carbons (Fsp3) is 0.571.